The number of carboxylic acids is 2. The quantitative estimate of drug-likeness (QED) is 0.344. The molecule has 0 atom stereocenters. The lowest BCUT2D eigenvalue weighted by Crippen LogP contribution is -2.41. The van der Waals surface area contributed by atoms with Gasteiger partial charge in [-0.15, -0.1) is 0 Å². The van der Waals surface area contributed by atoms with Crippen molar-refractivity contribution in [1.82, 2.24) is 0 Å². The predicted octanol–water partition coefficient (Wildman–Crippen LogP) is 1.36. The van der Waals surface area contributed by atoms with Crippen molar-refractivity contribution in [2.45, 2.75) is 5.54 Å². The van der Waals surface area contributed by atoms with E-state index in [4.69, 9.17) is 15.7 Å². The van der Waals surface area contributed by atoms with Crippen LogP contribution in [0.2, 0.25) is 0 Å². The number of rotatable bonds is 4. The minimum absolute atomic E-state index is 0.104. The maximum Gasteiger partial charge on any atom is 0.331 e. The van der Waals surface area contributed by atoms with Gasteiger partial charge < -0.3 is 10.2 Å². The largest absolute Gasteiger partial charge is 0.480 e. The van der Waals surface area contributed by atoms with Gasteiger partial charge in [-0.1, -0.05) is 35.4 Å². The number of nitrogens with zero attached hydrogens (tertiary/aromatic N) is 3. The lowest BCUT2D eigenvalue weighted by Gasteiger charge is -2.19. The van der Waals surface area contributed by atoms with Gasteiger partial charge in [0, 0.05) is 4.91 Å². The van der Waals surface area contributed by atoms with Gasteiger partial charge in [0.15, 0.2) is 0 Å². The van der Waals surface area contributed by atoms with Crippen molar-refractivity contribution in [2.75, 3.05) is 0 Å². The highest BCUT2D eigenvalue weighted by Crippen LogP contribution is 2.27. The summed E-state index contributed by atoms with van der Waals surface area (Å²) in [5.74, 6) is -3.46. The Morgan fingerprint density at radius 1 is 1.19 bits per heavy atom. The number of aliphatic carboxylic acids is 2. The van der Waals surface area contributed by atoms with Crippen molar-refractivity contribution in [1.29, 1.82) is 0 Å². The van der Waals surface area contributed by atoms with Crippen molar-refractivity contribution in [3.05, 3.63) is 46.3 Å². The Labute approximate surface area is 89.6 Å². The van der Waals surface area contributed by atoms with E-state index in [0.717, 1.165) is 0 Å². The molecule has 1 aromatic rings. The Hall–Kier alpha value is -2.53. The minimum atomic E-state index is -2.62. The van der Waals surface area contributed by atoms with Crippen LogP contribution in [0.3, 0.4) is 0 Å². The third kappa shape index (κ3) is 1.67. The zero-order chi connectivity index (χ0) is 12.2. The molecule has 0 unspecified atom stereocenters. The third-order valence-electron chi connectivity index (χ3n) is 2.01. The molecule has 0 fully saturated rings. The molecule has 0 saturated carbocycles. The van der Waals surface area contributed by atoms with E-state index in [1.54, 1.807) is 6.07 Å². The maximum absolute atomic E-state index is 11.0. The first kappa shape index (κ1) is 11.5. The molecule has 0 saturated heterocycles. The van der Waals surface area contributed by atoms with E-state index in [0.29, 0.717) is 0 Å². The van der Waals surface area contributed by atoms with E-state index in [-0.39, 0.29) is 5.56 Å². The second-order valence-electron chi connectivity index (χ2n) is 2.88. The summed E-state index contributed by atoms with van der Waals surface area (Å²) < 4.78 is 0. The van der Waals surface area contributed by atoms with Crippen molar-refractivity contribution < 1.29 is 19.8 Å². The average Bonchev–Trinajstić information content (AvgIpc) is 2.26. The van der Waals surface area contributed by atoms with Gasteiger partial charge in [-0.25, -0.2) is 0 Å². The van der Waals surface area contributed by atoms with Crippen LogP contribution in [0.4, 0.5) is 0 Å². The van der Waals surface area contributed by atoms with Gasteiger partial charge in [0.2, 0.25) is 0 Å². The van der Waals surface area contributed by atoms with Crippen molar-refractivity contribution in [2.24, 2.45) is 5.11 Å². The first-order valence-corrected chi connectivity index (χ1v) is 4.14. The van der Waals surface area contributed by atoms with Gasteiger partial charge in [0.25, 0.3) is 5.54 Å². The molecule has 7 heteroatoms. The molecule has 0 heterocycles. The molecule has 1 aromatic carbocycles. The molecule has 0 amide bonds. The Morgan fingerprint density at radius 2 is 1.69 bits per heavy atom. The van der Waals surface area contributed by atoms with Gasteiger partial charge in [-0.3, -0.25) is 9.59 Å². The summed E-state index contributed by atoms with van der Waals surface area (Å²) >= 11 is 0. The van der Waals surface area contributed by atoms with Gasteiger partial charge in [0.05, 0.1) is 0 Å². The summed E-state index contributed by atoms with van der Waals surface area (Å²) in [5.41, 5.74) is 5.57. The maximum atomic E-state index is 11.0. The summed E-state index contributed by atoms with van der Waals surface area (Å²) in [6.45, 7) is 0. The van der Waals surface area contributed by atoms with Crippen LogP contribution in [0.1, 0.15) is 5.56 Å². The molecule has 0 radical (unpaired) electrons. The van der Waals surface area contributed by atoms with Crippen molar-refractivity contribution in [3.63, 3.8) is 0 Å². The van der Waals surface area contributed by atoms with E-state index >= 15 is 0 Å². The fourth-order valence-corrected chi connectivity index (χ4v) is 1.23. The monoisotopic (exact) mass is 221 g/mol. The fraction of sp³-hybridized carbons (Fsp3) is 0.111. The lowest BCUT2D eigenvalue weighted by molar-refractivity contribution is -0.157. The number of benzene rings is 1. The summed E-state index contributed by atoms with van der Waals surface area (Å²) in [6, 6.07) is 7.06. The molecule has 1 rings (SSSR count). The van der Waals surface area contributed by atoms with Crippen LogP contribution >= 0.6 is 0 Å². The molecular weight excluding hydrogens is 214 g/mol. The zero-order valence-corrected chi connectivity index (χ0v) is 7.94. The normalized spacial score (nSPS) is 10.2. The standard InChI is InChI=1S/C9H7N3O4/c10-12-11-9(7(13)14,8(15)16)6-4-2-1-3-5-6/h1-5H,(H,13,14)(H,15,16). The third-order valence-corrected chi connectivity index (χ3v) is 2.01. The number of hydrogen-bond acceptors (Lipinski definition) is 3. The molecule has 0 aliphatic carbocycles. The second-order valence-corrected chi connectivity index (χ2v) is 2.88. The first-order chi connectivity index (χ1) is 7.55. The number of carbonyl (C=O) groups is 2. The SMILES string of the molecule is [N-]=[N+]=NC(C(=O)O)(C(=O)O)c1ccccc1. The minimum Gasteiger partial charge on any atom is -0.480 e. The molecule has 0 bridgehead atoms. The summed E-state index contributed by atoms with van der Waals surface area (Å²) in [4.78, 5) is 24.3. The Kier molecular flexibility index (Phi) is 3.12. The highest BCUT2D eigenvalue weighted by atomic mass is 16.4. The number of azide groups is 1. The van der Waals surface area contributed by atoms with E-state index in [1.165, 1.54) is 24.3 Å². The van der Waals surface area contributed by atoms with Crippen LogP contribution in [0.15, 0.2) is 35.4 Å². The zero-order valence-electron chi connectivity index (χ0n) is 7.94. The van der Waals surface area contributed by atoms with Gasteiger partial charge >= 0.3 is 11.9 Å². The van der Waals surface area contributed by atoms with Crippen LogP contribution in [-0.4, -0.2) is 22.2 Å². The molecule has 0 aromatic heterocycles. The van der Waals surface area contributed by atoms with Crippen molar-refractivity contribution in [3.8, 4) is 0 Å². The Bertz CT molecular complexity index is 445. The highest BCUT2D eigenvalue weighted by molar-refractivity contribution is 6.04. The molecule has 2 N–H and O–H groups in total. The molecule has 7 nitrogen and oxygen atoms in total. The summed E-state index contributed by atoms with van der Waals surface area (Å²) in [6.07, 6.45) is 0. The Morgan fingerprint density at radius 3 is 2.06 bits per heavy atom. The highest BCUT2D eigenvalue weighted by Gasteiger charge is 2.48. The van der Waals surface area contributed by atoms with Gasteiger partial charge in [0.1, 0.15) is 0 Å². The second kappa shape index (κ2) is 4.33. The topological polar surface area (TPSA) is 123 Å². The summed E-state index contributed by atoms with van der Waals surface area (Å²) in [7, 11) is 0. The van der Waals surface area contributed by atoms with E-state index in [1.807, 2.05) is 0 Å². The van der Waals surface area contributed by atoms with Gasteiger partial charge in [-0.05, 0) is 11.1 Å². The fourth-order valence-electron chi connectivity index (χ4n) is 1.23. The summed E-state index contributed by atoms with van der Waals surface area (Å²) in [5, 5.41) is 20.8. The number of carboxylic acid groups (broad SMARTS) is 2. The average molecular weight is 221 g/mol. The molecule has 16 heavy (non-hydrogen) atoms. The molecule has 0 aliphatic heterocycles. The van der Waals surface area contributed by atoms with Crippen LogP contribution in [0, 0.1) is 0 Å². The molecule has 82 valence electrons. The molecule has 0 spiro atoms. The van der Waals surface area contributed by atoms with Crippen LogP contribution < -0.4 is 0 Å². The number of hydrogen-bond donors (Lipinski definition) is 2. The van der Waals surface area contributed by atoms with E-state index in [9.17, 15) is 9.59 Å². The smallest absolute Gasteiger partial charge is 0.331 e. The Balaban J connectivity index is 3.51. The van der Waals surface area contributed by atoms with Crippen LogP contribution in [0.5, 0.6) is 0 Å². The van der Waals surface area contributed by atoms with E-state index in [2.05, 4.69) is 10.0 Å². The lowest BCUT2D eigenvalue weighted by atomic mass is 9.91. The van der Waals surface area contributed by atoms with E-state index < -0.39 is 17.5 Å². The molecular formula is C9H7N3O4. The first-order valence-electron chi connectivity index (χ1n) is 4.14. The van der Waals surface area contributed by atoms with Crippen LogP contribution in [-0.2, 0) is 15.1 Å². The van der Waals surface area contributed by atoms with Gasteiger partial charge in [-0.2, -0.15) is 0 Å². The van der Waals surface area contributed by atoms with Crippen molar-refractivity contribution >= 4 is 11.9 Å². The van der Waals surface area contributed by atoms with Crippen LogP contribution in [0.25, 0.3) is 10.4 Å². The molecule has 0 aliphatic rings. The predicted molar refractivity (Wildman–Crippen MR) is 52.5 cm³/mol.